The summed E-state index contributed by atoms with van der Waals surface area (Å²) in [5.41, 5.74) is 0.460. The summed E-state index contributed by atoms with van der Waals surface area (Å²) in [6, 6.07) is 0. The number of carbonyl (C=O) groups is 1. The Bertz CT molecular complexity index is 222. The predicted octanol–water partition coefficient (Wildman–Crippen LogP) is 2.85. The molecule has 0 unspecified atom stereocenters. The van der Waals surface area contributed by atoms with Crippen LogP contribution in [-0.4, -0.2) is 26.2 Å². The second-order valence-electron chi connectivity index (χ2n) is 6.82. The van der Waals surface area contributed by atoms with Gasteiger partial charge in [0.1, 0.15) is 0 Å². The number of esters is 1. The third-order valence-corrected chi connectivity index (χ3v) is 3.08. The van der Waals surface area contributed by atoms with E-state index in [2.05, 4.69) is 46.9 Å². The van der Waals surface area contributed by atoms with Crippen LogP contribution in [0.1, 0.15) is 48.0 Å². The molecule has 3 nitrogen and oxygen atoms in total. The highest BCUT2D eigenvalue weighted by Crippen LogP contribution is 2.41. The molecular formula is C14H29NO2. The molecule has 0 atom stereocenters. The lowest BCUT2D eigenvalue weighted by Gasteiger charge is -2.40. The van der Waals surface area contributed by atoms with Crippen LogP contribution in [0, 0.1) is 16.7 Å². The monoisotopic (exact) mass is 243 g/mol. The molecule has 0 aromatic carbocycles. The van der Waals surface area contributed by atoms with E-state index in [1.807, 2.05) is 0 Å². The van der Waals surface area contributed by atoms with Crippen molar-refractivity contribution in [2.24, 2.45) is 16.7 Å². The minimum atomic E-state index is -0.172. The van der Waals surface area contributed by atoms with Crippen molar-refractivity contribution in [1.29, 1.82) is 0 Å². The van der Waals surface area contributed by atoms with E-state index < -0.39 is 0 Å². The molecule has 0 radical (unpaired) electrons. The van der Waals surface area contributed by atoms with E-state index in [9.17, 15) is 4.79 Å². The fraction of sp³-hybridized carbons (Fsp3) is 0.929. The molecule has 0 aromatic heterocycles. The molecule has 0 aliphatic heterocycles. The number of likely N-dealkylation sites (N-methyl/N-ethyl adjacent to an activating group) is 1. The highest BCUT2D eigenvalue weighted by molar-refractivity contribution is 5.71. The average Bonchev–Trinajstić information content (AvgIpc) is 2.08. The summed E-state index contributed by atoms with van der Waals surface area (Å²) in [7, 11) is 1.74. The van der Waals surface area contributed by atoms with Crippen LogP contribution < -0.4 is 5.32 Å². The van der Waals surface area contributed by atoms with Crippen LogP contribution in [0.2, 0.25) is 0 Å². The second kappa shape index (κ2) is 6.39. The van der Waals surface area contributed by atoms with Gasteiger partial charge in [0.15, 0.2) is 0 Å². The molecule has 0 aromatic rings. The molecule has 0 aliphatic rings. The smallest absolute Gasteiger partial charge is 0.319 e. The molecule has 0 rings (SSSR count). The quantitative estimate of drug-likeness (QED) is 0.755. The van der Waals surface area contributed by atoms with Gasteiger partial charge in [-0.2, -0.15) is 0 Å². The lowest BCUT2D eigenvalue weighted by atomic mass is 9.65. The Kier molecular flexibility index (Phi) is 6.17. The molecule has 0 spiro atoms. The number of hydrogen-bond acceptors (Lipinski definition) is 3. The zero-order valence-electron chi connectivity index (χ0n) is 12.5. The zero-order chi connectivity index (χ0) is 13.7. The Balaban J connectivity index is 4.26. The average molecular weight is 243 g/mol. The highest BCUT2D eigenvalue weighted by Gasteiger charge is 2.34. The van der Waals surface area contributed by atoms with Crippen LogP contribution >= 0.6 is 0 Å². The summed E-state index contributed by atoms with van der Waals surface area (Å²) in [5, 5.41) is 2.79. The Morgan fingerprint density at radius 3 is 1.94 bits per heavy atom. The molecule has 0 aliphatic carbocycles. The molecule has 102 valence electrons. The first kappa shape index (κ1) is 16.4. The van der Waals surface area contributed by atoms with Crippen LogP contribution in [0.15, 0.2) is 0 Å². The van der Waals surface area contributed by atoms with Crippen molar-refractivity contribution < 1.29 is 9.53 Å². The van der Waals surface area contributed by atoms with Crippen molar-refractivity contribution in [3.05, 3.63) is 0 Å². The van der Waals surface area contributed by atoms with Crippen LogP contribution in [0.25, 0.3) is 0 Å². The summed E-state index contributed by atoms with van der Waals surface area (Å²) in [6.07, 6.45) is 0.919. The third-order valence-electron chi connectivity index (χ3n) is 3.08. The Morgan fingerprint density at radius 2 is 1.59 bits per heavy atom. The largest absolute Gasteiger partial charge is 0.465 e. The summed E-state index contributed by atoms with van der Waals surface area (Å²) in [6.45, 7) is 14.3. The van der Waals surface area contributed by atoms with E-state index >= 15 is 0 Å². The first-order valence-electron chi connectivity index (χ1n) is 6.39. The Labute approximate surface area is 106 Å². The Hall–Kier alpha value is -0.570. The van der Waals surface area contributed by atoms with Crippen molar-refractivity contribution in [3.8, 4) is 0 Å². The van der Waals surface area contributed by atoms with E-state index in [-0.39, 0.29) is 23.3 Å². The molecule has 1 N–H and O–H groups in total. The van der Waals surface area contributed by atoms with Crippen LogP contribution in [0.5, 0.6) is 0 Å². The van der Waals surface area contributed by atoms with E-state index in [4.69, 9.17) is 4.74 Å². The van der Waals surface area contributed by atoms with Gasteiger partial charge in [-0.15, -0.1) is 0 Å². The molecule has 0 saturated heterocycles. The first-order valence-corrected chi connectivity index (χ1v) is 6.39. The van der Waals surface area contributed by atoms with E-state index in [1.54, 1.807) is 7.05 Å². The molecule has 0 amide bonds. The SMILES string of the molecule is CNCC(=O)OCCC(C(C)(C)C)C(C)(C)C. The van der Waals surface area contributed by atoms with E-state index in [0.29, 0.717) is 12.5 Å². The van der Waals surface area contributed by atoms with E-state index in [0.717, 1.165) is 6.42 Å². The van der Waals surface area contributed by atoms with Gasteiger partial charge in [-0.3, -0.25) is 4.79 Å². The molecule has 0 bridgehead atoms. The van der Waals surface area contributed by atoms with Gasteiger partial charge < -0.3 is 10.1 Å². The van der Waals surface area contributed by atoms with Crippen molar-refractivity contribution in [2.75, 3.05) is 20.2 Å². The number of nitrogens with one attached hydrogen (secondary N) is 1. The van der Waals surface area contributed by atoms with Gasteiger partial charge in [-0.05, 0) is 30.2 Å². The normalized spacial score (nSPS) is 12.9. The number of rotatable bonds is 5. The van der Waals surface area contributed by atoms with Crippen LogP contribution in [0.3, 0.4) is 0 Å². The first-order chi connectivity index (χ1) is 7.59. The summed E-state index contributed by atoms with van der Waals surface area (Å²) < 4.78 is 5.20. The summed E-state index contributed by atoms with van der Waals surface area (Å²) in [4.78, 5) is 11.2. The molecule has 0 fully saturated rings. The number of carbonyl (C=O) groups excluding carboxylic acids is 1. The van der Waals surface area contributed by atoms with Crippen LogP contribution in [0.4, 0.5) is 0 Å². The summed E-state index contributed by atoms with van der Waals surface area (Å²) >= 11 is 0. The topological polar surface area (TPSA) is 38.3 Å². The van der Waals surface area contributed by atoms with Gasteiger partial charge in [0, 0.05) is 0 Å². The van der Waals surface area contributed by atoms with Gasteiger partial charge >= 0.3 is 5.97 Å². The van der Waals surface area contributed by atoms with Gasteiger partial charge in [0.05, 0.1) is 13.2 Å². The molecule has 0 saturated carbocycles. The van der Waals surface area contributed by atoms with Crippen molar-refractivity contribution in [1.82, 2.24) is 5.32 Å². The van der Waals surface area contributed by atoms with Gasteiger partial charge in [-0.1, -0.05) is 41.5 Å². The van der Waals surface area contributed by atoms with Gasteiger partial charge in [0.25, 0.3) is 0 Å². The fourth-order valence-electron chi connectivity index (χ4n) is 2.65. The maximum Gasteiger partial charge on any atom is 0.319 e. The highest BCUT2D eigenvalue weighted by atomic mass is 16.5. The molecular weight excluding hydrogens is 214 g/mol. The Morgan fingerprint density at radius 1 is 1.12 bits per heavy atom. The van der Waals surface area contributed by atoms with E-state index in [1.165, 1.54) is 0 Å². The molecule has 0 heterocycles. The molecule has 17 heavy (non-hydrogen) atoms. The van der Waals surface area contributed by atoms with Crippen molar-refractivity contribution in [3.63, 3.8) is 0 Å². The predicted molar refractivity (Wildman–Crippen MR) is 71.9 cm³/mol. The number of ether oxygens (including phenoxy) is 1. The summed E-state index contributed by atoms with van der Waals surface area (Å²) in [5.74, 6) is 0.353. The van der Waals surface area contributed by atoms with Crippen LogP contribution in [-0.2, 0) is 9.53 Å². The standard InChI is InChI=1S/C14H29NO2/c1-13(2,3)11(14(4,5)6)8-9-17-12(16)10-15-7/h11,15H,8-10H2,1-7H3. The molecule has 3 heteroatoms. The number of hydrogen-bond donors (Lipinski definition) is 1. The second-order valence-corrected chi connectivity index (χ2v) is 6.82. The fourth-order valence-corrected chi connectivity index (χ4v) is 2.65. The zero-order valence-corrected chi connectivity index (χ0v) is 12.5. The minimum Gasteiger partial charge on any atom is -0.465 e. The third kappa shape index (κ3) is 6.67. The van der Waals surface area contributed by atoms with Gasteiger partial charge in [-0.25, -0.2) is 0 Å². The van der Waals surface area contributed by atoms with Crippen molar-refractivity contribution >= 4 is 5.97 Å². The lowest BCUT2D eigenvalue weighted by molar-refractivity contribution is -0.143. The maximum atomic E-state index is 11.2. The van der Waals surface area contributed by atoms with Gasteiger partial charge in [0.2, 0.25) is 0 Å². The minimum absolute atomic E-state index is 0.172. The maximum absolute atomic E-state index is 11.2. The van der Waals surface area contributed by atoms with Crippen molar-refractivity contribution in [2.45, 2.75) is 48.0 Å². The lowest BCUT2D eigenvalue weighted by Crippen LogP contribution is -2.34.